The number of nitrogens with zero attached hydrogens (tertiary/aromatic N) is 1. The fourth-order valence-corrected chi connectivity index (χ4v) is 0.884. The van der Waals surface area contributed by atoms with Crippen LogP contribution in [0.25, 0.3) is 0 Å². The maximum atomic E-state index is 10.8. The van der Waals surface area contributed by atoms with Crippen LogP contribution in [0.5, 0.6) is 0 Å². The van der Waals surface area contributed by atoms with Crippen molar-refractivity contribution in [3.8, 4) is 0 Å². The molecule has 1 aromatic heterocycles. The van der Waals surface area contributed by atoms with Crippen LogP contribution in [0.3, 0.4) is 0 Å². The third kappa shape index (κ3) is 1.47. The molecule has 0 atom stereocenters. The molecular weight excluding hydrogens is 158 g/mol. The van der Waals surface area contributed by atoms with Gasteiger partial charge in [-0.3, -0.25) is 0 Å². The van der Waals surface area contributed by atoms with Crippen LogP contribution >= 0.6 is 0 Å². The highest BCUT2D eigenvalue weighted by molar-refractivity contribution is 5.83. The summed E-state index contributed by atoms with van der Waals surface area (Å²) in [5.41, 5.74) is -0.134. The van der Waals surface area contributed by atoms with Crippen molar-refractivity contribution in [1.29, 1.82) is 0 Å². The summed E-state index contributed by atoms with van der Waals surface area (Å²) in [6, 6.07) is 4.43. The van der Waals surface area contributed by atoms with E-state index in [0.717, 1.165) is 4.57 Å². The highest BCUT2D eigenvalue weighted by Gasteiger charge is 2.14. The van der Waals surface area contributed by atoms with Gasteiger partial charge in [-0.15, -0.1) is 4.57 Å². The fraction of sp³-hybridized carbons (Fsp3) is 0.125. The summed E-state index contributed by atoms with van der Waals surface area (Å²) in [5, 5.41) is 10.4. The molecule has 0 saturated heterocycles. The Labute approximate surface area is 69.1 Å². The normalized spacial score (nSPS) is 9.42. The lowest BCUT2D eigenvalue weighted by Gasteiger charge is -1.98. The maximum absolute atomic E-state index is 10.8. The number of hydrogen-bond acceptors (Lipinski definition) is 3. The van der Waals surface area contributed by atoms with Gasteiger partial charge in [0.1, 0.15) is 5.97 Å². The zero-order valence-electron chi connectivity index (χ0n) is 6.48. The van der Waals surface area contributed by atoms with Crippen LogP contribution in [0, 0.1) is 0 Å². The fourth-order valence-electron chi connectivity index (χ4n) is 0.884. The van der Waals surface area contributed by atoms with Gasteiger partial charge in [0.05, 0.1) is 6.92 Å². The van der Waals surface area contributed by atoms with E-state index in [9.17, 15) is 14.7 Å². The summed E-state index contributed by atoms with van der Waals surface area (Å²) < 4.78 is 1.02. The monoisotopic (exact) mass is 165 g/mol. The van der Waals surface area contributed by atoms with Gasteiger partial charge in [0.2, 0.25) is 5.69 Å². The molecule has 12 heavy (non-hydrogen) atoms. The number of rotatable bonds is 1. The number of aromatic carboxylic acids is 1. The van der Waals surface area contributed by atoms with E-state index in [1.165, 1.54) is 25.3 Å². The Morgan fingerprint density at radius 2 is 2.08 bits per heavy atom. The van der Waals surface area contributed by atoms with Gasteiger partial charge >= 0.3 is 5.91 Å². The molecule has 0 radical (unpaired) electrons. The van der Waals surface area contributed by atoms with Crippen molar-refractivity contribution in [2.45, 2.75) is 6.92 Å². The van der Waals surface area contributed by atoms with E-state index in [1.807, 2.05) is 0 Å². The van der Waals surface area contributed by atoms with Crippen molar-refractivity contribution in [3.63, 3.8) is 0 Å². The smallest absolute Gasteiger partial charge is 0.389 e. The van der Waals surface area contributed by atoms with E-state index in [2.05, 4.69) is 0 Å². The van der Waals surface area contributed by atoms with Crippen LogP contribution in [0.15, 0.2) is 24.4 Å². The minimum Gasteiger partial charge on any atom is -0.539 e. The first kappa shape index (κ1) is 8.39. The number of hydrogen-bond donors (Lipinski definition) is 0. The summed E-state index contributed by atoms with van der Waals surface area (Å²) in [5.74, 6) is -1.71. The van der Waals surface area contributed by atoms with E-state index in [-0.39, 0.29) is 11.6 Å². The Hall–Kier alpha value is -1.71. The molecule has 0 spiro atoms. The van der Waals surface area contributed by atoms with Crippen LogP contribution in [0.1, 0.15) is 22.2 Å². The number of pyridine rings is 1. The second-order valence-corrected chi connectivity index (χ2v) is 2.26. The highest BCUT2D eigenvalue weighted by Crippen LogP contribution is 1.88. The molecule has 0 aromatic carbocycles. The average molecular weight is 165 g/mol. The lowest BCUT2D eigenvalue weighted by Crippen LogP contribution is -2.48. The summed E-state index contributed by atoms with van der Waals surface area (Å²) in [7, 11) is 0. The van der Waals surface area contributed by atoms with E-state index >= 15 is 0 Å². The number of carbonyl (C=O) groups is 2. The molecule has 4 nitrogen and oxygen atoms in total. The molecule has 0 saturated carbocycles. The molecule has 1 rings (SSSR count). The van der Waals surface area contributed by atoms with Crippen molar-refractivity contribution < 1.29 is 19.3 Å². The second kappa shape index (κ2) is 3.13. The lowest BCUT2D eigenvalue weighted by molar-refractivity contribution is -0.579. The number of carbonyl (C=O) groups excluding carboxylic acids is 2. The predicted octanol–water partition coefficient (Wildman–Crippen LogP) is -1.00. The molecule has 0 aliphatic rings. The van der Waals surface area contributed by atoms with Gasteiger partial charge < -0.3 is 9.90 Å². The van der Waals surface area contributed by atoms with Crippen molar-refractivity contribution in [3.05, 3.63) is 30.1 Å². The summed E-state index contributed by atoms with van der Waals surface area (Å²) >= 11 is 0. The van der Waals surface area contributed by atoms with Gasteiger partial charge in [-0.25, -0.2) is 4.79 Å². The molecule has 4 heteroatoms. The van der Waals surface area contributed by atoms with Crippen molar-refractivity contribution >= 4 is 11.9 Å². The van der Waals surface area contributed by atoms with Crippen LogP contribution in [-0.2, 0) is 0 Å². The quantitative estimate of drug-likeness (QED) is 0.501. The first-order valence-electron chi connectivity index (χ1n) is 3.36. The molecule has 0 bridgehead atoms. The van der Waals surface area contributed by atoms with Gasteiger partial charge in [-0.05, 0) is 6.07 Å². The molecule has 0 unspecified atom stereocenters. The average Bonchev–Trinajstić information content (AvgIpc) is 2.04. The zero-order valence-corrected chi connectivity index (χ0v) is 6.48. The van der Waals surface area contributed by atoms with Crippen LogP contribution in [0.4, 0.5) is 0 Å². The molecule has 0 fully saturated rings. The van der Waals surface area contributed by atoms with Gasteiger partial charge in [-0.1, -0.05) is 0 Å². The molecule has 0 aliphatic heterocycles. The Bertz CT molecular complexity index is 300. The van der Waals surface area contributed by atoms with Gasteiger partial charge in [0, 0.05) is 12.1 Å². The molecule has 0 amide bonds. The zero-order chi connectivity index (χ0) is 9.14. The molecule has 0 aliphatic carbocycles. The predicted molar refractivity (Wildman–Crippen MR) is 37.3 cm³/mol. The molecule has 1 aromatic rings. The van der Waals surface area contributed by atoms with E-state index < -0.39 is 5.97 Å². The van der Waals surface area contributed by atoms with Crippen molar-refractivity contribution in [1.82, 2.24) is 0 Å². The second-order valence-electron chi connectivity index (χ2n) is 2.26. The number of carboxylic acid groups (broad SMARTS) is 1. The Kier molecular flexibility index (Phi) is 2.19. The van der Waals surface area contributed by atoms with Crippen molar-refractivity contribution in [2.75, 3.05) is 0 Å². The van der Waals surface area contributed by atoms with E-state index in [1.54, 1.807) is 6.07 Å². The van der Waals surface area contributed by atoms with Crippen LogP contribution in [-0.4, -0.2) is 11.9 Å². The largest absolute Gasteiger partial charge is 0.539 e. The van der Waals surface area contributed by atoms with Gasteiger partial charge in [-0.2, -0.15) is 0 Å². The summed E-state index contributed by atoms with van der Waals surface area (Å²) in [4.78, 5) is 21.3. The Morgan fingerprint density at radius 1 is 1.42 bits per heavy atom. The standard InChI is InChI=1S/C8H7NO3/c1-6(10)9-5-3-2-4-7(9)8(11)12/h2-5H,1H3. The summed E-state index contributed by atoms with van der Waals surface area (Å²) in [6.45, 7) is 1.28. The minimum atomic E-state index is -1.36. The number of carboxylic acids is 1. The SMILES string of the molecule is CC(=O)[n+]1ccccc1C(=O)[O-]. The van der Waals surface area contributed by atoms with Gasteiger partial charge in [0.25, 0.3) is 0 Å². The minimum absolute atomic E-state index is 0.134. The highest BCUT2D eigenvalue weighted by atomic mass is 16.4. The molecule has 62 valence electrons. The Morgan fingerprint density at radius 3 is 2.50 bits per heavy atom. The van der Waals surface area contributed by atoms with E-state index in [4.69, 9.17) is 0 Å². The maximum Gasteiger partial charge on any atom is 0.389 e. The Balaban J connectivity index is 3.27. The van der Waals surface area contributed by atoms with Crippen LogP contribution in [0.2, 0.25) is 0 Å². The third-order valence-electron chi connectivity index (χ3n) is 1.41. The first-order chi connectivity index (χ1) is 5.63. The summed E-state index contributed by atoms with van der Waals surface area (Å²) in [6.07, 6.45) is 1.38. The molecule has 0 N–H and O–H groups in total. The van der Waals surface area contributed by atoms with Crippen molar-refractivity contribution in [2.24, 2.45) is 0 Å². The third-order valence-corrected chi connectivity index (χ3v) is 1.41. The van der Waals surface area contributed by atoms with E-state index in [0.29, 0.717) is 0 Å². The lowest BCUT2D eigenvalue weighted by atomic mass is 10.3. The van der Waals surface area contributed by atoms with Crippen LogP contribution < -0.4 is 9.67 Å². The van der Waals surface area contributed by atoms with Gasteiger partial charge in [0.15, 0.2) is 6.20 Å². The number of aromatic nitrogens is 1. The molecular formula is C8H7NO3. The molecule has 1 heterocycles. The first-order valence-corrected chi connectivity index (χ1v) is 3.36. The topological polar surface area (TPSA) is 61.1 Å².